The van der Waals surface area contributed by atoms with Gasteiger partial charge in [-0.15, -0.1) is 0 Å². The Hall–Kier alpha value is -1.81. The Morgan fingerprint density at radius 3 is 2.96 bits per heavy atom. The average Bonchev–Trinajstić information content (AvgIpc) is 3.04. The molecule has 0 radical (unpaired) electrons. The minimum Gasteiger partial charge on any atom is -0.375 e. The molecule has 1 aromatic carbocycles. The van der Waals surface area contributed by atoms with Crippen LogP contribution < -0.4 is 5.32 Å². The molecular formula is C19H24N2O2. The monoisotopic (exact) mass is 312 g/mol. The molecule has 2 heterocycles. The van der Waals surface area contributed by atoms with Crippen LogP contribution >= 0.6 is 0 Å². The van der Waals surface area contributed by atoms with Gasteiger partial charge in [-0.25, -0.2) is 0 Å². The van der Waals surface area contributed by atoms with Crippen LogP contribution in [0.3, 0.4) is 0 Å². The molecule has 1 spiro atoms. The Morgan fingerprint density at radius 1 is 1.22 bits per heavy atom. The second-order valence-corrected chi connectivity index (χ2v) is 7.00. The second-order valence-electron chi connectivity index (χ2n) is 7.00. The fourth-order valence-corrected chi connectivity index (χ4v) is 4.24. The molecule has 122 valence electrons. The minimum absolute atomic E-state index is 0.0224. The Kier molecular flexibility index (Phi) is 3.85. The number of amides is 1. The van der Waals surface area contributed by atoms with Crippen LogP contribution in [0.1, 0.15) is 55.3 Å². The van der Waals surface area contributed by atoms with Crippen LogP contribution in [0, 0.1) is 0 Å². The molecule has 1 saturated heterocycles. The summed E-state index contributed by atoms with van der Waals surface area (Å²) in [7, 11) is 0. The summed E-state index contributed by atoms with van der Waals surface area (Å²) in [6.07, 6.45) is 9.87. The Bertz CT molecular complexity index is 695. The van der Waals surface area contributed by atoms with Crippen LogP contribution in [-0.4, -0.2) is 29.1 Å². The van der Waals surface area contributed by atoms with Crippen molar-refractivity contribution in [3.8, 4) is 0 Å². The lowest BCUT2D eigenvalue weighted by Crippen LogP contribution is -2.49. The third-order valence-corrected chi connectivity index (χ3v) is 5.43. The fourth-order valence-electron chi connectivity index (χ4n) is 4.24. The molecule has 23 heavy (non-hydrogen) atoms. The number of hydrogen-bond acceptors (Lipinski definition) is 2. The number of nitrogens with one attached hydrogen (secondary N) is 2. The van der Waals surface area contributed by atoms with Crippen LogP contribution in [0.5, 0.6) is 0 Å². The quantitative estimate of drug-likeness (QED) is 0.886. The maximum absolute atomic E-state index is 12.7. The molecule has 2 fully saturated rings. The van der Waals surface area contributed by atoms with Crippen LogP contribution in [0.25, 0.3) is 10.9 Å². The third kappa shape index (κ3) is 2.88. The third-order valence-electron chi connectivity index (χ3n) is 5.43. The molecule has 2 N–H and O–H groups in total. The summed E-state index contributed by atoms with van der Waals surface area (Å²) in [4.78, 5) is 15.9. The van der Waals surface area contributed by atoms with Crippen molar-refractivity contribution in [1.82, 2.24) is 10.3 Å². The van der Waals surface area contributed by atoms with Crippen molar-refractivity contribution >= 4 is 16.8 Å². The number of carbonyl (C=O) groups excluding carboxylic acids is 1. The van der Waals surface area contributed by atoms with Gasteiger partial charge >= 0.3 is 0 Å². The van der Waals surface area contributed by atoms with Crippen molar-refractivity contribution in [2.45, 2.75) is 56.6 Å². The molecule has 1 aliphatic heterocycles. The van der Waals surface area contributed by atoms with Gasteiger partial charge in [0.15, 0.2) is 0 Å². The predicted molar refractivity (Wildman–Crippen MR) is 90.6 cm³/mol. The van der Waals surface area contributed by atoms with E-state index in [1.54, 1.807) is 0 Å². The number of aromatic nitrogens is 1. The fraction of sp³-hybridized carbons (Fsp3) is 0.526. The molecule has 1 amide bonds. The summed E-state index contributed by atoms with van der Waals surface area (Å²) in [6, 6.07) is 8.03. The molecule has 1 saturated carbocycles. The van der Waals surface area contributed by atoms with Crippen molar-refractivity contribution in [2.24, 2.45) is 0 Å². The van der Waals surface area contributed by atoms with E-state index in [0.29, 0.717) is 0 Å². The lowest BCUT2D eigenvalue weighted by Gasteiger charge is -2.43. The number of ether oxygens (including phenoxy) is 1. The van der Waals surface area contributed by atoms with Gasteiger partial charge in [0, 0.05) is 35.3 Å². The smallest absolute Gasteiger partial charge is 0.252 e. The van der Waals surface area contributed by atoms with E-state index >= 15 is 0 Å². The van der Waals surface area contributed by atoms with E-state index in [0.717, 1.165) is 48.8 Å². The Labute approximate surface area is 136 Å². The number of fused-ring (bicyclic) bond motifs is 1. The number of rotatable bonds is 2. The highest BCUT2D eigenvalue weighted by Crippen LogP contribution is 2.38. The van der Waals surface area contributed by atoms with Crippen molar-refractivity contribution in [3.05, 3.63) is 36.0 Å². The van der Waals surface area contributed by atoms with E-state index in [-0.39, 0.29) is 17.6 Å². The molecule has 4 heteroatoms. The Balaban J connectivity index is 1.49. The van der Waals surface area contributed by atoms with E-state index < -0.39 is 0 Å². The van der Waals surface area contributed by atoms with E-state index in [1.807, 2.05) is 30.5 Å². The zero-order valence-electron chi connectivity index (χ0n) is 13.4. The number of benzene rings is 1. The maximum atomic E-state index is 12.7. The predicted octanol–water partition coefficient (Wildman–Crippen LogP) is 3.78. The molecule has 1 atom stereocenters. The van der Waals surface area contributed by atoms with E-state index in [4.69, 9.17) is 4.74 Å². The molecule has 2 aliphatic rings. The molecule has 0 unspecified atom stereocenters. The van der Waals surface area contributed by atoms with Gasteiger partial charge in [-0.3, -0.25) is 4.79 Å². The summed E-state index contributed by atoms with van der Waals surface area (Å²) in [6.45, 7) is 0.763. The van der Waals surface area contributed by atoms with Crippen LogP contribution in [-0.2, 0) is 4.74 Å². The molecular weight excluding hydrogens is 288 g/mol. The molecule has 1 aromatic heterocycles. The van der Waals surface area contributed by atoms with Gasteiger partial charge in [-0.2, -0.15) is 0 Å². The normalized spacial score (nSPS) is 23.9. The molecule has 4 rings (SSSR count). The highest BCUT2D eigenvalue weighted by Gasteiger charge is 2.38. The first-order valence-corrected chi connectivity index (χ1v) is 8.77. The minimum atomic E-state index is 0.0224. The van der Waals surface area contributed by atoms with Crippen molar-refractivity contribution in [2.75, 3.05) is 6.61 Å². The van der Waals surface area contributed by atoms with Gasteiger partial charge in [0.05, 0.1) is 5.60 Å². The zero-order valence-corrected chi connectivity index (χ0v) is 13.4. The van der Waals surface area contributed by atoms with Gasteiger partial charge in [-0.1, -0.05) is 25.3 Å². The van der Waals surface area contributed by atoms with Gasteiger partial charge in [0.1, 0.15) is 0 Å². The van der Waals surface area contributed by atoms with Gasteiger partial charge in [-0.05, 0) is 43.9 Å². The highest BCUT2D eigenvalue weighted by atomic mass is 16.5. The summed E-state index contributed by atoms with van der Waals surface area (Å²) in [5, 5.41) is 4.25. The summed E-state index contributed by atoms with van der Waals surface area (Å²) in [5.41, 5.74) is 1.79. The van der Waals surface area contributed by atoms with Crippen molar-refractivity contribution < 1.29 is 9.53 Å². The van der Waals surface area contributed by atoms with Crippen LogP contribution in [0.15, 0.2) is 30.5 Å². The first-order chi connectivity index (χ1) is 11.3. The van der Waals surface area contributed by atoms with E-state index in [1.165, 1.54) is 19.3 Å². The highest BCUT2D eigenvalue weighted by molar-refractivity contribution is 6.06. The number of hydrogen-bond donors (Lipinski definition) is 2. The van der Waals surface area contributed by atoms with Crippen molar-refractivity contribution in [3.63, 3.8) is 0 Å². The lowest BCUT2D eigenvalue weighted by atomic mass is 9.78. The number of carbonyl (C=O) groups is 1. The molecule has 0 bridgehead atoms. The van der Waals surface area contributed by atoms with Gasteiger partial charge < -0.3 is 15.0 Å². The molecule has 2 aromatic rings. The van der Waals surface area contributed by atoms with E-state index in [9.17, 15) is 4.79 Å². The topological polar surface area (TPSA) is 54.1 Å². The summed E-state index contributed by atoms with van der Waals surface area (Å²) < 4.78 is 6.13. The summed E-state index contributed by atoms with van der Waals surface area (Å²) >= 11 is 0. The van der Waals surface area contributed by atoms with Crippen molar-refractivity contribution in [1.29, 1.82) is 0 Å². The lowest BCUT2D eigenvalue weighted by molar-refractivity contribution is -0.107. The van der Waals surface area contributed by atoms with Gasteiger partial charge in [0.25, 0.3) is 5.91 Å². The Morgan fingerprint density at radius 2 is 2.09 bits per heavy atom. The largest absolute Gasteiger partial charge is 0.375 e. The maximum Gasteiger partial charge on any atom is 0.252 e. The summed E-state index contributed by atoms with van der Waals surface area (Å²) in [5.74, 6) is 0.0352. The van der Waals surface area contributed by atoms with Crippen LogP contribution in [0.4, 0.5) is 0 Å². The number of H-pyrrole nitrogens is 1. The van der Waals surface area contributed by atoms with Crippen LogP contribution in [0.2, 0.25) is 0 Å². The standard InChI is InChI=1S/C19H24N2O2/c22-18(16-5-4-6-17-15(16)7-11-20-17)21-14-8-12-23-19(13-14)9-2-1-3-10-19/h4-7,11,14,20H,1-3,8-10,12-13H2,(H,21,22)/t14-/m0/s1. The zero-order chi connectivity index (χ0) is 15.7. The number of aromatic amines is 1. The SMILES string of the molecule is O=C(N[C@H]1CCOC2(CCCCC2)C1)c1cccc2[nH]ccc12. The average molecular weight is 312 g/mol. The van der Waals surface area contributed by atoms with Gasteiger partial charge in [0.2, 0.25) is 0 Å². The molecule has 4 nitrogen and oxygen atoms in total. The van der Waals surface area contributed by atoms with E-state index in [2.05, 4.69) is 10.3 Å². The second kappa shape index (κ2) is 6.00. The molecule has 1 aliphatic carbocycles. The first kappa shape index (κ1) is 14.8. The first-order valence-electron chi connectivity index (χ1n) is 8.77.